The minimum Gasteiger partial charge on any atom is -0.481 e. The molecular formula is C11H16N2O8. The molecule has 0 aromatic carbocycles. The average Bonchev–Trinajstić information content (AvgIpc) is 2.38. The van der Waals surface area contributed by atoms with E-state index in [4.69, 9.17) is 15.3 Å². The first-order valence-electron chi connectivity index (χ1n) is 5.96. The largest absolute Gasteiger partial charge is 0.481 e. The number of hydrogen-bond donors (Lipinski definition) is 5. The van der Waals surface area contributed by atoms with E-state index in [0.717, 1.165) is 0 Å². The number of carboxylic acid groups (broad SMARTS) is 3. The number of hydrogen-bond acceptors (Lipinski definition) is 5. The maximum Gasteiger partial charge on any atom is 0.326 e. The van der Waals surface area contributed by atoms with E-state index in [1.807, 2.05) is 10.6 Å². The molecule has 0 aliphatic rings. The molecule has 0 spiro atoms. The normalized spacial score (nSPS) is 12.8. The molecule has 0 bridgehead atoms. The van der Waals surface area contributed by atoms with Crippen LogP contribution in [-0.4, -0.2) is 57.6 Å². The quantitative estimate of drug-likeness (QED) is 0.321. The second-order valence-electron chi connectivity index (χ2n) is 4.08. The third-order valence-corrected chi connectivity index (χ3v) is 2.43. The SMILES string of the molecule is O=CCC[C@@H](NC(=O)N[C@H](CCC(=O)O)C(=O)O)C(=O)O. The van der Waals surface area contributed by atoms with Crippen LogP contribution >= 0.6 is 0 Å². The highest BCUT2D eigenvalue weighted by molar-refractivity contribution is 5.86. The highest BCUT2D eigenvalue weighted by atomic mass is 16.4. The van der Waals surface area contributed by atoms with E-state index < -0.39 is 42.4 Å². The molecule has 0 heterocycles. The molecule has 0 aliphatic heterocycles. The van der Waals surface area contributed by atoms with Gasteiger partial charge >= 0.3 is 23.9 Å². The molecule has 0 radical (unpaired) electrons. The summed E-state index contributed by atoms with van der Waals surface area (Å²) in [7, 11) is 0. The van der Waals surface area contributed by atoms with Crippen molar-refractivity contribution in [1.29, 1.82) is 0 Å². The summed E-state index contributed by atoms with van der Waals surface area (Å²) in [5.41, 5.74) is 0. The first-order valence-corrected chi connectivity index (χ1v) is 5.96. The zero-order valence-corrected chi connectivity index (χ0v) is 10.9. The molecular weight excluding hydrogens is 288 g/mol. The molecule has 2 amide bonds. The molecule has 10 nitrogen and oxygen atoms in total. The van der Waals surface area contributed by atoms with E-state index in [1.54, 1.807) is 0 Å². The lowest BCUT2D eigenvalue weighted by Crippen LogP contribution is -2.51. The molecule has 0 saturated heterocycles. The van der Waals surface area contributed by atoms with Gasteiger partial charge in [0.1, 0.15) is 18.4 Å². The van der Waals surface area contributed by atoms with Crippen molar-refractivity contribution in [1.82, 2.24) is 10.6 Å². The highest BCUT2D eigenvalue weighted by Crippen LogP contribution is 2.00. The molecule has 0 unspecified atom stereocenters. The van der Waals surface area contributed by atoms with Crippen molar-refractivity contribution in [3.05, 3.63) is 0 Å². The number of amides is 2. The second-order valence-corrected chi connectivity index (χ2v) is 4.08. The minimum atomic E-state index is -1.46. The van der Waals surface area contributed by atoms with Gasteiger partial charge in [-0.3, -0.25) is 4.79 Å². The Morgan fingerprint density at radius 3 is 1.76 bits per heavy atom. The average molecular weight is 304 g/mol. The van der Waals surface area contributed by atoms with Gasteiger partial charge in [-0.2, -0.15) is 0 Å². The molecule has 0 aromatic rings. The summed E-state index contributed by atoms with van der Waals surface area (Å²) in [6.07, 6.45) is -0.547. The summed E-state index contributed by atoms with van der Waals surface area (Å²) < 4.78 is 0. The van der Waals surface area contributed by atoms with Gasteiger partial charge in [-0.25, -0.2) is 14.4 Å². The van der Waals surface area contributed by atoms with Crippen molar-refractivity contribution in [2.45, 2.75) is 37.8 Å². The number of urea groups is 1. The first kappa shape index (κ1) is 18.4. The van der Waals surface area contributed by atoms with Gasteiger partial charge in [0.15, 0.2) is 0 Å². The lowest BCUT2D eigenvalue weighted by Gasteiger charge is -2.17. The summed E-state index contributed by atoms with van der Waals surface area (Å²) in [6.45, 7) is 0. The Bertz CT molecular complexity index is 422. The third kappa shape index (κ3) is 8.18. The Morgan fingerprint density at radius 2 is 1.38 bits per heavy atom. The van der Waals surface area contributed by atoms with Crippen molar-refractivity contribution >= 4 is 30.2 Å². The molecule has 10 heteroatoms. The number of carbonyl (C=O) groups is 5. The fourth-order valence-corrected chi connectivity index (χ4v) is 1.38. The lowest BCUT2D eigenvalue weighted by atomic mass is 10.1. The van der Waals surface area contributed by atoms with Crippen LogP contribution in [0.1, 0.15) is 25.7 Å². The van der Waals surface area contributed by atoms with Crippen molar-refractivity contribution in [2.24, 2.45) is 0 Å². The van der Waals surface area contributed by atoms with Gasteiger partial charge in [-0.15, -0.1) is 0 Å². The van der Waals surface area contributed by atoms with Crippen LogP contribution in [0, 0.1) is 0 Å². The number of aldehydes is 1. The highest BCUT2D eigenvalue weighted by Gasteiger charge is 2.24. The standard InChI is InChI=1S/C11H16N2O8/c14-5-1-2-6(9(17)18)12-11(21)13-7(10(19)20)3-4-8(15)16/h5-7H,1-4H2,(H,15,16)(H,17,18)(H,19,20)(H2,12,13,21)/t6-,7-/m1/s1. The number of aliphatic carboxylic acids is 3. The van der Waals surface area contributed by atoms with E-state index in [1.165, 1.54) is 0 Å². The van der Waals surface area contributed by atoms with E-state index >= 15 is 0 Å². The Labute approximate surface area is 119 Å². The minimum absolute atomic E-state index is 0.0847. The van der Waals surface area contributed by atoms with Crippen LogP contribution in [0.15, 0.2) is 0 Å². The molecule has 21 heavy (non-hydrogen) atoms. The molecule has 0 rings (SSSR count). The molecule has 0 fully saturated rings. The Morgan fingerprint density at radius 1 is 0.905 bits per heavy atom. The summed E-state index contributed by atoms with van der Waals surface area (Å²) in [5.74, 6) is -4.03. The van der Waals surface area contributed by atoms with Crippen LogP contribution in [0.4, 0.5) is 4.79 Å². The monoisotopic (exact) mass is 304 g/mol. The van der Waals surface area contributed by atoms with Crippen molar-refractivity contribution in [3.63, 3.8) is 0 Å². The van der Waals surface area contributed by atoms with E-state index in [0.29, 0.717) is 6.29 Å². The fourth-order valence-electron chi connectivity index (χ4n) is 1.38. The van der Waals surface area contributed by atoms with Gasteiger partial charge < -0.3 is 30.7 Å². The maximum atomic E-state index is 11.5. The van der Waals surface area contributed by atoms with Gasteiger partial charge in [-0.05, 0) is 12.8 Å². The van der Waals surface area contributed by atoms with Crippen LogP contribution in [-0.2, 0) is 19.2 Å². The zero-order valence-electron chi connectivity index (χ0n) is 10.9. The molecule has 2 atom stereocenters. The van der Waals surface area contributed by atoms with Gasteiger partial charge in [0.2, 0.25) is 0 Å². The second kappa shape index (κ2) is 9.28. The Balaban J connectivity index is 4.52. The van der Waals surface area contributed by atoms with Crippen molar-refractivity contribution in [3.8, 4) is 0 Å². The van der Waals surface area contributed by atoms with Gasteiger partial charge in [-0.1, -0.05) is 0 Å². The summed E-state index contributed by atoms with van der Waals surface area (Å²) in [4.78, 5) is 53.7. The van der Waals surface area contributed by atoms with Crippen LogP contribution in [0.25, 0.3) is 0 Å². The van der Waals surface area contributed by atoms with E-state index in [2.05, 4.69) is 0 Å². The van der Waals surface area contributed by atoms with Crippen LogP contribution in [0.2, 0.25) is 0 Å². The predicted molar refractivity (Wildman–Crippen MR) is 66.7 cm³/mol. The van der Waals surface area contributed by atoms with Gasteiger partial charge in [0, 0.05) is 12.8 Å². The summed E-state index contributed by atoms with van der Waals surface area (Å²) in [6, 6.07) is -3.86. The van der Waals surface area contributed by atoms with Gasteiger partial charge in [0.25, 0.3) is 0 Å². The summed E-state index contributed by atoms with van der Waals surface area (Å²) in [5, 5.41) is 30.1. The summed E-state index contributed by atoms with van der Waals surface area (Å²) >= 11 is 0. The van der Waals surface area contributed by atoms with E-state index in [9.17, 15) is 24.0 Å². The third-order valence-electron chi connectivity index (χ3n) is 2.43. The van der Waals surface area contributed by atoms with Crippen molar-refractivity contribution in [2.75, 3.05) is 0 Å². The number of carbonyl (C=O) groups excluding carboxylic acids is 2. The number of nitrogens with one attached hydrogen (secondary N) is 2. The maximum absolute atomic E-state index is 11.5. The van der Waals surface area contributed by atoms with Crippen molar-refractivity contribution < 1.29 is 39.3 Å². The molecule has 0 aromatic heterocycles. The van der Waals surface area contributed by atoms with Gasteiger partial charge in [0.05, 0.1) is 0 Å². The molecule has 5 N–H and O–H groups in total. The van der Waals surface area contributed by atoms with Crippen LogP contribution in [0.5, 0.6) is 0 Å². The zero-order chi connectivity index (χ0) is 16.4. The van der Waals surface area contributed by atoms with E-state index in [-0.39, 0.29) is 19.3 Å². The first-order chi connectivity index (χ1) is 9.77. The predicted octanol–water partition coefficient (Wildman–Crippen LogP) is -0.964. The Hall–Kier alpha value is -2.65. The number of carboxylic acids is 3. The number of rotatable bonds is 10. The fraction of sp³-hybridized carbons (Fsp3) is 0.545. The molecule has 118 valence electrons. The van der Waals surface area contributed by atoms with Crippen LogP contribution < -0.4 is 10.6 Å². The lowest BCUT2D eigenvalue weighted by molar-refractivity contribution is -0.141. The van der Waals surface area contributed by atoms with Crippen LogP contribution in [0.3, 0.4) is 0 Å². The smallest absolute Gasteiger partial charge is 0.326 e. The molecule has 0 saturated carbocycles. The molecule has 0 aliphatic carbocycles. The topological polar surface area (TPSA) is 170 Å². The Kier molecular flexibility index (Phi) is 8.11.